The van der Waals surface area contributed by atoms with Gasteiger partial charge in [-0.05, 0) is 36.4 Å². The van der Waals surface area contributed by atoms with E-state index >= 15 is 0 Å². The van der Waals surface area contributed by atoms with Crippen molar-refractivity contribution in [3.63, 3.8) is 0 Å². The molecule has 1 heterocycles. The van der Waals surface area contributed by atoms with Gasteiger partial charge in [0.15, 0.2) is 23.9 Å². The normalized spacial score (nSPS) is 13.9. The van der Waals surface area contributed by atoms with Gasteiger partial charge in [0.2, 0.25) is 0 Å². The molecule has 10 heteroatoms. The van der Waals surface area contributed by atoms with Crippen molar-refractivity contribution in [2.75, 3.05) is 19.8 Å². The predicted molar refractivity (Wildman–Crippen MR) is 83.7 cm³/mol. The third-order valence-corrected chi connectivity index (χ3v) is 3.80. The van der Waals surface area contributed by atoms with E-state index in [1.165, 1.54) is 18.2 Å². The molecular formula is C18H12F6O4. The van der Waals surface area contributed by atoms with Crippen molar-refractivity contribution in [1.29, 1.82) is 0 Å². The van der Waals surface area contributed by atoms with Crippen LogP contribution in [0.4, 0.5) is 26.3 Å². The topological polar surface area (TPSA) is 44.8 Å². The zero-order valence-corrected chi connectivity index (χ0v) is 14.0. The molecule has 0 spiro atoms. The zero-order chi connectivity index (χ0) is 20.5. The second-order valence-electron chi connectivity index (χ2n) is 5.81. The summed E-state index contributed by atoms with van der Waals surface area (Å²) in [5.74, 6) is -0.622. The van der Waals surface area contributed by atoms with Gasteiger partial charge in [-0.2, -0.15) is 26.3 Å². The van der Waals surface area contributed by atoms with Crippen LogP contribution in [0.25, 0.3) is 0 Å². The Morgan fingerprint density at radius 2 is 1.43 bits per heavy atom. The van der Waals surface area contributed by atoms with Crippen molar-refractivity contribution >= 4 is 5.78 Å². The highest BCUT2D eigenvalue weighted by Crippen LogP contribution is 2.38. The molecule has 0 saturated heterocycles. The van der Waals surface area contributed by atoms with Crippen LogP contribution < -0.4 is 14.2 Å². The maximum Gasteiger partial charge on any atom is 0.416 e. The Labute approximate surface area is 154 Å². The number of fused-ring (bicyclic) bond motifs is 1. The first-order valence-corrected chi connectivity index (χ1v) is 7.89. The van der Waals surface area contributed by atoms with Crippen LogP contribution in [0.1, 0.15) is 21.5 Å². The maximum atomic E-state index is 12.8. The van der Waals surface area contributed by atoms with E-state index in [9.17, 15) is 31.1 Å². The molecule has 1 aliphatic rings. The summed E-state index contributed by atoms with van der Waals surface area (Å²) in [7, 11) is 0. The maximum absolute atomic E-state index is 12.8. The van der Waals surface area contributed by atoms with Gasteiger partial charge >= 0.3 is 12.4 Å². The van der Waals surface area contributed by atoms with Gasteiger partial charge in [-0.3, -0.25) is 4.79 Å². The van der Waals surface area contributed by atoms with Crippen molar-refractivity contribution in [2.45, 2.75) is 12.4 Å². The number of rotatable bonds is 4. The van der Waals surface area contributed by atoms with Gasteiger partial charge in [0.05, 0.1) is 11.1 Å². The van der Waals surface area contributed by atoms with Gasteiger partial charge in [-0.15, -0.1) is 0 Å². The highest BCUT2D eigenvalue weighted by Gasteiger charge is 2.37. The van der Waals surface area contributed by atoms with Crippen LogP contribution >= 0.6 is 0 Å². The lowest BCUT2D eigenvalue weighted by molar-refractivity contribution is -0.143. The number of carbonyl (C=O) groups excluding carboxylic acids is 1. The third-order valence-electron chi connectivity index (χ3n) is 3.80. The van der Waals surface area contributed by atoms with Crippen LogP contribution in [0.3, 0.4) is 0 Å². The molecule has 4 nitrogen and oxygen atoms in total. The van der Waals surface area contributed by atoms with E-state index in [0.717, 1.165) is 0 Å². The summed E-state index contributed by atoms with van der Waals surface area (Å²) in [5.41, 5.74) is -2.93. The summed E-state index contributed by atoms with van der Waals surface area (Å²) >= 11 is 0. The van der Waals surface area contributed by atoms with Crippen molar-refractivity contribution in [2.24, 2.45) is 0 Å². The lowest BCUT2D eigenvalue weighted by Gasteiger charge is -2.18. The Bertz CT molecular complexity index is 856. The molecule has 0 saturated carbocycles. The van der Waals surface area contributed by atoms with Crippen molar-refractivity contribution < 1.29 is 45.3 Å². The Balaban J connectivity index is 1.79. The van der Waals surface area contributed by atoms with Crippen molar-refractivity contribution in [3.05, 3.63) is 53.1 Å². The standard InChI is InChI=1S/C18H12F6O4/c19-17(20,21)11-6-12(18(22,23)24)8-13(7-11)28-9-14(25)10-1-2-15-16(5-10)27-4-3-26-15/h1-2,5-8H,3-4,9H2. The number of hydrogen-bond donors (Lipinski definition) is 0. The van der Waals surface area contributed by atoms with E-state index in [-0.39, 0.29) is 18.2 Å². The molecule has 0 radical (unpaired) electrons. The fourth-order valence-corrected chi connectivity index (χ4v) is 2.46. The summed E-state index contributed by atoms with van der Waals surface area (Å²) in [4.78, 5) is 12.2. The molecule has 2 aromatic rings. The molecule has 0 amide bonds. The third kappa shape index (κ3) is 4.49. The lowest BCUT2D eigenvalue weighted by atomic mass is 10.1. The minimum absolute atomic E-state index is 0.0184. The summed E-state index contributed by atoms with van der Waals surface area (Å²) in [6.07, 6.45) is -10.0. The van der Waals surface area contributed by atoms with Gasteiger partial charge in [0.1, 0.15) is 19.0 Å². The van der Waals surface area contributed by atoms with Gasteiger partial charge in [0, 0.05) is 5.56 Å². The number of alkyl halides is 6. The van der Waals surface area contributed by atoms with Crippen LogP contribution in [-0.4, -0.2) is 25.6 Å². The Morgan fingerprint density at radius 1 is 0.857 bits per heavy atom. The van der Waals surface area contributed by atoms with Gasteiger partial charge in [-0.25, -0.2) is 0 Å². The molecule has 150 valence electrons. The quantitative estimate of drug-likeness (QED) is 0.543. The summed E-state index contributed by atoms with van der Waals surface area (Å²) in [6.45, 7) is -0.121. The number of benzene rings is 2. The molecule has 0 N–H and O–H groups in total. The SMILES string of the molecule is O=C(COc1cc(C(F)(F)F)cc(C(F)(F)F)c1)c1ccc2c(c1)OCCO2. The average Bonchev–Trinajstić information content (AvgIpc) is 2.64. The lowest BCUT2D eigenvalue weighted by Crippen LogP contribution is -2.17. The van der Waals surface area contributed by atoms with Gasteiger partial charge < -0.3 is 14.2 Å². The molecule has 1 aliphatic heterocycles. The van der Waals surface area contributed by atoms with E-state index in [4.69, 9.17) is 14.2 Å². The summed E-state index contributed by atoms with van der Waals surface area (Å²) in [6, 6.07) is 5.04. The van der Waals surface area contributed by atoms with Crippen LogP contribution in [0.2, 0.25) is 0 Å². The Kier molecular flexibility index (Phi) is 5.14. The first kappa shape index (κ1) is 19.8. The van der Waals surface area contributed by atoms with E-state index in [1.807, 2.05) is 0 Å². The number of halogens is 6. The first-order chi connectivity index (χ1) is 13.0. The molecule has 2 aromatic carbocycles. The number of Topliss-reactive ketones (excluding diaryl/α,β-unsaturated/α-hetero) is 1. The van der Waals surface area contributed by atoms with Crippen LogP contribution in [0, 0.1) is 0 Å². The van der Waals surface area contributed by atoms with Crippen LogP contribution in [-0.2, 0) is 12.4 Å². The minimum atomic E-state index is -5.00. The largest absolute Gasteiger partial charge is 0.486 e. The second-order valence-corrected chi connectivity index (χ2v) is 5.81. The van der Waals surface area contributed by atoms with Crippen LogP contribution in [0.5, 0.6) is 17.2 Å². The molecule has 3 rings (SSSR count). The summed E-state index contributed by atoms with van der Waals surface area (Å²) < 4.78 is 92.6. The van der Waals surface area contributed by atoms with Gasteiger partial charge in [-0.1, -0.05) is 0 Å². The second kappa shape index (κ2) is 7.25. The number of ketones is 1. The molecule has 0 fully saturated rings. The molecule has 0 bridgehead atoms. The van der Waals surface area contributed by atoms with Crippen molar-refractivity contribution in [3.8, 4) is 17.2 Å². The molecular weight excluding hydrogens is 394 g/mol. The molecule has 28 heavy (non-hydrogen) atoms. The zero-order valence-electron chi connectivity index (χ0n) is 14.0. The minimum Gasteiger partial charge on any atom is -0.486 e. The molecule has 0 aliphatic carbocycles. The smallest absolute Gasteiger partial charge is 0.416 e. The van der Waals surface area contributed by atoms with E-state index in [2.05, 4.69) is 0 Å². The predicted octanol–water partition coefficient (Wildman–Crippen LogP) is 4.76. The van der Waals surface area contributed by atoms with E-state index in [1.54, 1.807) is 0 Å². The Hall–Kier alpha value is -2.91. The summed E-state index contributed by atoms with van der Waals surface area (Å²) in [5, 5.41) is 0. The molecule has 0 atom stereocenters. The molecule has 0 aromatic heterocycles. The number of carbonyl (C=O) groups is 1. The fourth-order valence-electron chi connectivity index (χ4n) is 2.46. The van der Waals surface area contributed by atoms with Crippen LogP contribution in [0.15, 0.2) is 36.4 Å². The molecule has 0 unspecified atom stereocenters. The highest BCUT2D eigenvalue weighted by molar-refractivity contribution is 5.97. The van der Waals surface area contributed by atoms with Crippen molar-refractivity contribution in [1.82, 2.24) is 0 Å². The monoisotopic (exact) mass is 406 g/mol. The highest BCUT2D eigenvalue weighted by atomic mass is 19.4. The van der Waals surface area contributed by atoms with E-state index in [0.29, 0.717) is 30.2 Å². The number of hydrogen-bond acceptors (Lipinski definition) is 4. The number of ether oxygens (including phenoxy) is 3. The Morgan fingerprint density at radius 3 is 2.00 bits per heavy atom. The first-order valence-electron chi connectivity index (χ1n) is 7.89. The van der Waals surface area contributed by atoms with Gasteiger partial charge in [0.25, 0.3) is 0 Å². The van der Waals surface area contributed by atoms with E-state index < -0.39 is 41.6 Å². The fraction of sp³-hybridized carbons (Fsp3) is 0.278. The average molecular weight is 406 g/mol.